The third-order valence-electron chi connectivity index (χ3n) is 1.39. The normalized spacial score (nSPS) is 8.47. The molecule has 1 rings (SSSR count). The van der Waals surface area contributed by atoms with E-state index in [0.717, 1.165) is 5.75 Å². The zero-order valence-electron chi connectivity index (χ0n) is 8.90. The van der Waals surface area contributed by atoms with Crippen molar-refractivity contribution in [2.45, 2.75) is 6.92 Å². The van der Waals surface area contributed by atoms with Crippen LogP contribution in [0.3, 0.4) is 0 Å². The summed E-state index contributed by atoms with van der Waals surface area (Å²) in [6.45, 7) is 0.865. The maximum atomic E-state index is 11.1. The lowest BCUT2D eigenvalue weighted by Crippen LogP contribution is -2.04. The van der Waals surface area contributed by atoms with Crippen LogP contribution in [0.2, 0.25) is 0 Å². The van der Waals surface area contributed by atoms with E-state index < -0.39 is 12.6 Å². The number of rotatable bonds is 3. The first-order valence-corrected chi connectivity index (χ1v) is 4.55. The Labute approximate surface area is 88.8 Å². The van der Waals surface area contributed by atoms with E-state index in [-0.39, 0.29) is 6.61 Å². The fourth-order valence-corrected chi connectivity index (χ4v) is 0.756. The van der Waals surface area contributed by atoms with E-state index in [1.54, 1.807) is 14.0 Å². The van der Waals surface area contributed by atoms with Crippen LogP contribution in [-0.2, 0) is 9.53 Å². The fraction of sp³-hybridized carbons (Fsp3) is 0.364. The lowest BCUT2D eigenvalue weighted by Gasteiger charge is -1.93. The van der Waals surface area contributed by atoms with Gasteiger partial charge in [-0.15, -0.1) is 0 Å². The molecule has 0 aliphatic rings. The van der Waals surface area contributed by atoms with Gasteiger partial charge in [0.05, 0.1) is 13.7 Å². The number of halogens is 1. The summed E-state index contributed by atoms with van der Waals surface area (Å²) in [6, 6.07) is 9.68. The highest BCUT2D eigenvalue weighted by Crippen LogP contribution is 2.05. The van der Waals surface area contributed by atoms with Crippen LogP contribution in [0.25, 0.3) is 0 Å². The number of carbonyl (C=O) groups excluding carboxylic acids is 1. The Bertz CT molecular complexity index is 262. The first-order chi connectivity index (χ1) is 7.24. The summed E-state index contributed by atoms with van der Waals surface area (Å²) in [4.78, 5) is 9.81. The summed E-state index contributed by atoms with van der Waals surface area (Å²) >= 11 is 0. The van der Waals surface area contributed by atoms with Crippen LogP contribution >= 0.6 is 0 Å². The SMILES string of the molecule is CCOC(=O)CF.COc1ccccc1. The lowest BCUT2D eigenvalue weighted by molar-refractivity contribution is -0.144. The van der Waals surface area contributed by atoms with Crippen molar-refractivity contribution in [1.82, 2.24) is 0 Å². The predicted octanol–water partition coefficient (Wildman–Crippen LogP) is 2.21. The number of alkyl halides is 1. The molecule has 84 valence electrons. The molecule has 0 saturated carbocycles. The molecule has 0 N–H and O–H groups in total. The molecule has 1 aromatic rings. The van der Waals surface area contributed by atoms with Crippen molar-refractivity contribution in [3.8, 4) is 5.75 Å². The van der Waals surface area contributed by atoms with Crippen LogP contribution in [0, 0.1) is 0 Å². The smallest absolute Gasteiger partial charge is 0.337 e. The highest BCUT2D eigenvalue weighted by Gasteiger charge is 1.94. The van der Waals surface area contributed by atoms with E-state index >= 15 is 0 Å². The molecule has 0 aliphatic heterocycles. The van der Waals surface area contributed by atoms with Crippen molar-refractivity contribution in [3.05, 3.63) is 30.3 Å². The average Bonchev–Trinajstić information content (AvgIpc) is 2.31. The third kappa shape index (κ3) is 7.49. The molecule has 0 spiro atoms. The molecule has 4 heteroatoms. The third-order valence-corrected chi connectivity index (χ3v) is 1.39. The van der Waals surface area contributed by atoms with Gasteiger partial charge in [-0.2, -0.15) is 0 Å². The highest BCUT2D eigenvalue weighted by molar-refractivity contribution is 5.70. The fourth-order valence-electron chi connectivity index (χ4n) is 0.756. The maximum Gasteiger partial charge on any atom is 0.337 e. The van der Waals surface area contributed by atoms with Gasteiger partial charge in [0.25, 0.3) is 0 Å². The van der Waals surface area contributed by atoms with Crippen molar-refractivity contribution >= 4 is 5.97 Å². The van der Waals surface area contributed by atoms with Crippen molar-refractivity contribution in [2.75, 3.05) is 20.4 Å². The van der Waals surface area contributed by atoms with Crippen molar-refractivity contribution in [2.24, 2.45) is 0 Å². The van der Waals surface area contributed by atoms with E-state index in [1.807, 2.05) is 30.3 Å². The topological polar surface area (TPSA) is 35.5 Å². The number of hydrogen-bond donors (Lipinski definition) is 0. The largest absolute Gasteiger partial charge is 0.497 e. The Balaban J connectivity index is 0.000000265. The number of hydrogen-bond acceptors (Lipinski definition) is 3. The zero-order valence-corrected chi connectivity index (χ0v) is 8.90. The van der Waals surface area contributed by atoms with Gasteiger partial charge in [0.15, 0.2) is 6.67 Å². The molecule has 0 atom stereocenters. The molecule has 0 saturated heterocycles. The van der Waals surface area contributed by atoms with E-state index in [0.29, 0.717) is 0 Å². The Kier molecular flexibility index (Phi) is 8.05. The van der Waals surface area contributed by atoms with E-state index in [1.165, 1.54) is 0 Å². The molecule has 0 aromatic heterocycles. The second-order valence-electron chi connectivity index (χ2n) is 2.46. The van der Waals surface area contributed by atoms with E-state index in [9.17, 15) is 9.18 Å². The molecule has 1 aromatic carbocycles. The number of benzene rings is 1. The molecule has 0 heterocycles. The Morgan fingerprint density at radius 3 is 2.20 bits per heavy atom. The molecule has 0 radical (unpaired) electrons. The molecule has 15 heavy (non-hydrogen) atoms. The standard InChI is InChI=1S/C7H8O.C4H7FO2/c1-8-7-5-3-2-4-6-7;1-2-7-4(6)3-5/h2-6H,1H3;2-3H2,1H3. The molecular weight excluding hydrogens is 199 g/mol. The van der Waals surface area contributed by atoms with Gasteiger partial charge in [0, 0.05) is 0 Å². The molecule has 0 bridgehead atoms. The van der Waals surface area contributed by atoms with Crippen LogP contribution < -0.4 is 4.74 Å². The second kappa shape index (κ2) is 8.99. The minimum absolute atomic E-state index is 0.253. The van der Waals surface area contributed by atoms with Crippen LogP contribution in [-0.4, -0.2) is 26.4 Å². The van der Waals surface area contributed by atoms with E-state index in [2.05, 4.69) is 4.74 Å². The van der Waals surface area contributed by atoms with Crippen molar-refractivity contribution < 1.29 is 18.7 Å². The molecule has 0 aliphatic carbocycles. The maximum absolute atomic E-state index is 11.1. The minimum Gasteiger partial charge on any atom is -0.497 e. The van der Waals surface area contributed by atoms with Crippen molar-refractivity contribution in [1.29, 1.82) is 0 Å². The van der Waals surface area contributed by atoms with Gasteiger partial charge in [-0.1, -0.05) is 18.2 Å². The zero-order chi connectivity index (χ0) is 11.5. The van der Waals surface area contributed by atoms with E-state index in [4.69, 9.17) is 4.74 Å². The molecular formula is C11H15FO3. The van der Waals surface area contributed by atoms with Gasteiger partial charge in [0.1, 0.15) is 5.75 Å². The van der Waals surface area contributed by atoms with Crippen LogP contribution in [0.5, 0.6) is 5.75 Å². The first-order valence-electron chi connectivity index (χ1n) is 4.55. The minimum atomic E-state index is -1.02. The number of ether oxygens (including phenoxy) is 2. The highest BCUT2D eigenvalue weighted by atomic mass is 19.1. The Hall–Kier alpha value is -1.58. The van der Waals surface area contributed by atoms with Gasteiger partial charge in [-0.05, 0) is 19.1 Å². The summed E-state index contributed by atoms with van der Waals surface area (Å²) in [7, 11) is 1.66. The van der Waals surface area contributed by atoms with Crippen LogP contribution in [0.15, 0.2) is 30.3 Å². The number of methoxy groups -OCH3 is 1. The van der Waals surface area contributed by atoms with Crippen LogP contribution in [0.4, 0.5) is 4.39 Å². The predicted molar refractivity (Wildman–Crippen MR) is 55.6 cm³/mol. The Morgan fingerprint density at radius 2 is 1.93 bits per heavy atom. The second-order valence-corrected chi connectivity index (χ2v) is 2.46. The van der Waals surface area contributed by atoms with Gasteiger partial charge in [-0.3, -0.25) is 0 Å². The van der Waals surface area contributed by atoms with Crippen molar-refractivity contribution in [3.63, 3.8) is 0 Å². The molecule has 0 fully saturated rings. The number of esters is 1. The van der Waals surface area contributed by atoms with Gasteiger partial charge in [-0.25, -0.2) is 9.18 Å². The number of carbonyl (C=O) groups is 1. The summed E-state index contributed by atoms with van der Waals surface area (Å²) < 4.78 is 20.2. The first kappa shape index (κ1) is 13.4. The monoisotopic (exact) mass is 214 g/mol. The lowest BCUT2D eigenvalue weighted by atomic mass is 10.3. The molecule has 3 nitrogen and oxygen atoms in total. The van der Waals surface area contributed by atoms with Crippen LogP contribution in [0.1, 0.15) is 6.92 Å². The molecule has 0 unspecified atom stereocenters. The quantitative estimate of drug-likeness (QED) is 0.724. The van der Waals surface area contributed by atoms with Gasteiger partial charge < -0.3 is 9.47 Å². The molecule has 0 amide bonds. The summed E-state index contributed by atoms with van der Waals surface area (Å²) in [5.74, 6) is 0.120. The van der Waals surface area contributed by atoms with Gasteiger partial charge in [0.2, 0.25) is 0 Å². The summed E-state index contributed by atoms with van der Waals surface area (Å²) in [5, 5.41) is 0. The Morgan fingerprint density at radius 1 is 1.33 bits per heavy atom. The summed E-state index contributed by atoms with van der Waals surface area (Å²) in [5.41, 5.74) is 0. The summed E-state index contributed by atoms with van der Waals surface area (Å²) in [6.07, 6.45) is 0. The number of para-hydroxylation sites is 1. The van der Waals surface area contributed by atoms with Gasteiger partial charge >= 0.3 is 5.97 Å². The average molecular weight is 214 g/mol.